The van der Waals surface area contributed by atoms with Crippen LogP contribution in [0.5, 0.6) is 0 Å². The molecule has 0 atom stereocenters. The van der Waals surface area contributed by atoms with Gasteiger partial charge < -0.3 is 10.6 Å². The summed E-state index contributed by atoms with van der Waals surface area (Å²) in [6.45, 7) is 6.65. The lowest BCUT2D eigenvalue weighted by Gasteiger charge is -2.12. The van der Waals surface area contributed by atoms with Crippen molar-refractivity contribution < 1.29 is 4.39 Å². The number of aromatic nitrogens is 2. The molecule has 0 unspecified atom stereocenters. The molecule has 3 rings (SSSR count). The van der Waals surface area contributed by atoms with Crippen LogP contribution in [0.4, 0.5) is 21.8 Å². The molecule has 5 heteroatoms. The molecule has 0 aliphatic rings. The molecule has 0 aliphatic carbocycles. The third-order valence-electron chi connectivity index (χ3n) is 4.14. The van der Waals surface area contributed by atoms with Crippen LogP contribution in [0.3, 0.4) is 0 Å². The van der Waals surface area contributed by atoms with Crippen molar-refractivity contribution in [2.45, 2.75) is 27.2 Å². The lowest BCUT2D eigenvalue weighted by molar-refractivity contribution is 0.610. The highest BCUT2D eigenvalue weighted by atomic mass is 19.1. The Morgan fingerprint density at radius 1 is 0.962 bits per heavy atom. The molecule has 0 saturated heterocycles. The number of halogens is 1. The SMILES string of the molecule is Cc1ccc(Nc2nc(C)cc(NCCc3ccccc3F)n2)c(C)c1. The van der Waals surface area contributed by atoms with Gasteiger partial charge in [-0.05, 0) is 50.5 Å². The highest BCUT2D eigenvalue weighted by molar-refractivity contribution is 5.60. The molecule has 4 nitrogen and oxygen atoms in total. The fourth-order valence-corrected chi connectivity index (χ4v) is 2.82. The molecule has 0 fully saturated rings. The lowest BCUT2D eigenvalue weighted by atomic mass is 10.1. The van der Waals surface area contributed by atoms with E-state index < -0.39 is 0 Å². The summed E-state index contributed by atoms with van der Waals surface area (Å²) in [6.07, 6.45) is 0.593. The van der Waals surface area contributed by atoms with Crippen LogP contribution < -0.4 is 10.6 Å². The van der Waals surface area contributed by atoms with Gasteiger partial charge in [-0.25, -0.2) is 9.37 Å². The molecule has 1 aromatic heterocycles. The molecule has 1 heterocycles. The van der Waals surface area contributed by atoms with Crippen molar-refractivity contribution in [3.63, 3.8) is 0 Å². The molecule has 0 saturated carbocycles. The average Bonchev–Trinajstić information content (AvgIpc) is 2.59. The van der Waals surface area contributed by atoms with Crippen LogP contribution in [0.15, 0.2) is 48.5 Å². The van der Waals surface area contributed by atoms with Gasteiger partial charge in [0.25, 0.3) is 0 Å². The predicted molar refractivity (Wildman–Crippen MR) is 105 cm³/mol. The lowest BCUT2D eigenvalue weighted by Crippen LogP contribution is -2.09. The molecule has 0 spiro atoms. The number of hydrogen-bond donors (Lipinski definition) is 2. The van der Waals surface area contributed by atoms with E-state index in [1.54, 1.807) is 12.1 Å². The molecule has 26 heavy (non-hydrogen) atoms. The third-order valence-corrected chi connectivity index (χ3v) is 4.14. The standard InChI is InChI=1S/C21H23FN4/c1-14-8-9-19(15(2)12-14)25-21-24-16(3)13-20(26-21)23-11-10-17-6-4-5-7-18(17)22/h4-9,12-13H,10-11H2,1-3H3,(H2,23,24,25,26). The van der Waals surface area contributed by atoms with Crippen molar-refractivity contribution in [3.8, 4) is 0 Å². The Morgan fingerprint density at radius 2 is 1.77 bits per heavy atom. The van der Waals surface area contributed by atoms with Crippen molar-refractivity contribution in [1.29, 1.82) is 0 Å². The van der Waals surface area contributed by atoms with Crippen LogP contribution in [0.25, 0.3) is 0 Å². The smallest absolute Gasteiger partial charge is 0.229 e. The first-order valence-corrected chi connectivity index (χ1v) is 8.68. The first kappa shape index (κ1) is 17.9. The van der Waals surface area contributed by atoms with Gasteiger partial charge in [0.1, 0.15) is 11.6 Å². The summed E-state index contributed by atoms with van der Waals surface area (Å²) < 4.78 is 13.7. The Kier molecular flexibility index (Phi) is 5.46. The zero-order valence-electron chi connectivity index (χ0n) is 15.3. The predicted octanol–water partition coefficient (Wildman–Crippen LogP) is 4.94. The summed E-state index contributed by atoms with van der Waals surface area (Å²) in [5.74, 6) is 1.09. The minimum Gasteiger partial charge on any atom is -0.370 e. The largest absolute Gasteiger partial charge is 0.370 e. The molecule has 0 bridgehead atoms. The Balaban J connectivity index is 1.68. The number of hydrogen-bond acceptors (Lipinski definition) is 4. The Morgan fingerprint density at radius 3 is 2.54 bits per heavy atom. The zero-order chi connectivity index (χ0) is 18.5. The van der Waals surface area contributed by atoms with E-state index in [4.69, 9.17) is 0 Å². The monoisotopic (exact) mass is 350 g/mol. The molecular formula is C21H23FN4. The second kappa shape index (κ2) is 7.95. The summed E-state index contributed by atoms with van der Waals surface area (Å²) in [6, 6.07) is 14.9. The topological polar surface area (TPSA) is 49.8 Å². The van der Waals surface area contributed by atoms with Gasteiger partial charge in [-0.2, -0.15) is 4.98 Å². The van der Waals surface area contributed by atoms with E-state index in [9.17, 15) is 4.39 Å². The maximum absolute atomic E-state index is 13.7. The Hall–Kier alpha value is -2.95. The van der Waals surface area contributed by atoms with E-state index in [-0.39, 0.29) is 5.82 Å². The summed E-state index contributed by atoms with van der Waals surface area (Å²) in [5.41, 5.74) is 4.90. The fraction of sp³-hybridized carbons (Fsp3) is 0.238. The van der Waals surface area contributed by atoms with Gasteiger partial charge in [-0.1, -0.05) is 35.9 Å². The van der Waals surface area contributed by atoms with Gasteiger partial charge in [0, 0.05) is 24.0 Å². The number of nitrogens with zero attached hydrogens (tertiary/aromatic N) is 2. The number of nitrogens with one attached hydrogen (secondary N) is 2. The molecular weight excluding hydrogens is 327 g/mol. The summed E-state index contributed by atoms with van der Waals surface area (Å²) >= 11 is 0. The number of anilines is 3. The van der Waals surface area contributed by atoms with Crippen molar-refractivity contribution in [2.24, 2.45) is 0 Å². The highest BCUT2D eigenvalue weighted by Crippen LogP contribution is 2.20. The number of aryl methyl sites for hydroxylation is 3. The Labute approximate surface area is 153 Å². The van der Waals surface area contributed by atoms with Gasteiger partial charge in [-0.3, -0.25) is 0 Å². The van der Waals surface area contributed by atoms with Crippen LogP contribution >= 0.6 is 0 Å². The van der Waals surface area contributed by atoms with Gasteiger partial charge in [-0.15, -0.1) is 0 Å². The first-order chi connectivity index (χ1) is 12.5. The van der Waals surface area contributed by atoms with Crippen LogP contribution in [-0.2, 0) is 6.42 Å². The van der Waals surface area contributed by atoms with Crippen molar-refractivity contribution >= 4 is 17.5 Å². The van der Waals surface area contributed by atoms with Gasteiger partial charge in [0.15, 0.2) is 0 Å². The minimum absolute atomic E-state index is 0.176. The van der Waals surface area contributed by atoms with E-state index in [0.29, 0.717) is 24.5 Å². The normalized spacial score (nSPS) is 10.6. The molecule has 0 radical (unpaired) electrons. The molecule has 0 amide bonds. The van der Waals surface area contributed by atoms with E-state index in [1.807, 2.05) is 25.1 Å². The molecule has 134 valence electrons. The summed E-state index contributed by atoms with van der Waals surface area (Å²) in [7, 11) is 0. The average molecular weight is 350 g/mol. The van der Waals surface area contributed by atoms with Crippen LogP contribution in [-0.4, -0.2) is 16.5 Å². The second-order valence-electron chi connectivity index (χ2n) is 6.43. The van der Waals surface area contributed by atoms with Crippen molar-refractivity contribution in [1.82, 2.24) is 9.97 Å². The second-order valence-corrected chi connectivity index (χ2v) is 6.43. The quantitative estimate of drug-likeness (QED) is 0.661. The number of benzene rings is 2. The third kappa shape index (κ3) is 4.57. The molecule has 2 aromatic carbocycles. The maximum atomic E-state index is 13.7. The highest BCUT2D eigenvalue weighted by Gasteiger charge is 2.06. The van der Waals surface area contributed by atoms with Gasteiger partial charge >= 0.3 is 0 Å². The van der Waals surface area contributed by atoms with Crippen molar-refractivity contribution in [2.75, 3.05) is 17.2 Å². The van der Waals surface area contributed by atoms with Crippen LogP contribution in [0.2, 0.25) is 0 Å². The minimum atomic E-state index is -0.176. The van der Waals surface area contributed by atoms with E-state index in [2.05, 4.69) is 46.6 Å². The van der Waals surface area contributed by atoms with Crippen LogP contribution in [0.1, 0.15) is 22.4 Å². The summed E-state index contributed by atoms with van der Waals surface area (Å²) in [4.78, 5) is 8.97. The zero-order valence-corrected chi connectivity index (χ0v) is 15.3. The molecule has 3 aromatic rings. The van der Waals surface area contributed by atoms with Gasteiger partial charge in [0.05, 0.1) is 0 Å². The Bertz CT molecular complexity index is 908. The van der Waals surface area contributed by atoms with Gasteiger partial charge in [0.2, 0.25) is 5.95 Å². The first-order valence-electron chi connectivity index (χ1n) is 8.68. The van der Waals surface area contributed by atoms with Crippen LogP contribution in [0, 0.1) is 26.6 Å². The van der Waals surface area contributed by atoms with E-state index in [1.165, 1.54) is 11.6 Å². The molecule has 2 N–H and O–H groups in total. The van der Waals surface area contributed by atoms with E-state index >= 15 is 0 Å². The number of rotatable bonds is 6. The van der Waals surface area contributed by atoms with Crippen molar-refractivity contribution in [3.05, 3.63) is 76.7 Å². The molecule has 0 aliphatic heterocycles. The van der Waals surface area contributed by atoms with E-state index in [0.717, 1.165) is 22.8 Å². The maximum Gasteiger partial charge on any atom is 0.229 e. The fourth-order valence-electron chi connectivity index (χ4n) is 2.82. The summed E-state index contributed by atoms with van der Waals surface area (Å²) in [5, 5.41) is 6.53.